The van der Waals surface area contributed by atoms with E-state index in [2.05, 4.69) is 51.0 Å². The van der Waals surface area contributed by atoms with E-state index in [4.69, 9.17) is 4.74 Å². The summed E-state index contributed by atoms with van der Waals surface area (Å²) in [5, 5.41) is 1.28. The lowest BCUT2D eigenvalue weighted by Crippen LogP contribution is -2.01. The van der Waals surface area contributed by atoms with Crippen LogP contribution >= 0.6 is 15.9 Å². The molecule has 1 aromatic heterocycles. The molecule has 0 radical (unpaired) electrons. The predicted octanol–water partition coefficient (Wildman–Crippen LogP) is 2.80. The van der Waals surface area contributed by atoms with Gasteiger partial charge in [-0.25, -0.2) is 0 Å². The summed E-state index contributed by atoms with van der Waals surface area (Å²) in [4.78, 5) is 0. The van der Waals surface area contributed by atoms with Gasteiger partial charge in [0.1, 0.15) is 0 Å². The molecule has 1 saturated heterocycles. The van der Waals surface area contributed by atoms with Crippen LogP contribution in [0.25, 0.3) is 10.9 Å². The molecule has 0 amide bonds. The van der Waals surface area contributed by atoms with Crippen LogP contribution in [-0.2, 0) is 11.3 Å². The van der Waals surface area contributed by atoms with E-state index in [0.717, 1.165) is 17.6 Å². The van der Waals surface area contributed by atoms with E-state index in [1.54, 1.807) is 0 Å². The zero-order chi connectivity index (χ0) is 9.54. The maximum Gasteiger partial charge on any atom is 0.0988 e. The summed E-state index contributed by atoms with van der Waals surface area (Å²) in [5.41, 5.74) is 1.28. The Morgan fingerprint density at radius 1 is 1.43 bits per heavy atom. The van der Waals surface area contributed by atoms with Gasteiger partial charge in [0.15, 0.2) is 0 Å². The Balaban J connectivity index is 2.06. The molecule has 2 nitrogen and oxygen atoms in total. The second-order valence-electron chi connectivity index (χ2n) is 3.63. The Kier molecular flexibility index (Phi) is 1.89. The highest BCUT2D eigenvalue weighted by Crippen LogP contribution is 2.22. The van der Waals surface area contributed by atoms with Crippen molar-refractivity contribution in [1.29, 1.82) is 0 Å². The molecule has 1 atom stereocenters. The molecular formula is C11H10BrNO. The van der Waals surface area contributed by atoms with Crippen molar-refractivity contribution >= 4 is 26.8 Å². The van der Waals surface area contributed by atoms with Crippen molar-refractivity contribution < 1.29 is 4.74 Å². The molecule has 3 rings (SSSR count). The van der Waals surface area contributed by atoms with Crippen LogP contribution in [0, 0.1) is 0 Å². The summed E-state index contributed by atoms with van der Waals surface area (Å²) in [6, 6.07) is 8.50. The smallest absolute Gasteiger partial charge is 0.0988 e. The molecule has 1 aromatic carbocycles. The molecular weight excluding hydrogens is 242 g/mol. The second-order valence-corrected chi connectivity index (χ2v) is 4.54. The maximum absolute atomic E-state index is 5.22. The molecule has 1 aliphatic heterocycles. The minimum Gasteiger partial charge on any atom is -0.371 e. The normalized spacial score (nSPS) is 20.2. The third-order valence-electron chi connectivity index (χ3n) is 2.54. The molecule has 1 aliphatic rings. The van der Waals surface area contributed by atoms with Crippen molar-refractivity contribution in [2.24, 2.45) is 0 Å². The molecule has 2 heterocycles. The maximum atomic E-state index is 5.22. The van der Waals surface area contributed by atoms with Crippen LogP contribution in [0.1, 0.15) is 0 Å². The highest BCUT2D eigenvalue weighted by molar-refractivity contribution is 9.10. The molecule has 72 valence electrons. The lowest BCUT2D eigenvalue weighted by Gasteiger charge is -2.01. The number of fused-ring (bicyclic) bond motifs is 1. The molecule has 1 unspecified atom stereocenters. The number of aromatic nitrogens is 1. The first-order valence-corrected chi connectivity index (χ1v) is 5.48. The van der Waals surface area contributed by atoms with E-state index < -0.39 is 0 Å². The largest absolute Gasteiger partial charge is 0.371 e. The van der Waals surface area contributed by atoms with Crippen molar-refractivity contribution in [2.75, 3.05) is 6.61 Å². The number of nitrogens with zero attached hydrogens (tertiary/aromatic N) is 1. The van der Waals surface area contributed by atoms with Gasteiger partial charge in [0.2, 0.25) is 0 Å². The number of ether oxygens (including phenoxy) is 1. The van der Waals surface area contributed by atoms with Crippen LogP contribution in [-0.4, -0.2) is 17.3 Å². The van der Waals surface area contributed by atoms with Crippen molar-refractivity contribution in [2.45, 2.75) is 12.6 Å². The predicted molar refractivity (Wildman–Crippen MR) is 59.4 cm³/mol. The van der Waals surface area contributed by atoms with Crippen molar-refractivity contribution in [1.82, 2.24) is 4.57 Å². The number of benzene rings is 1. The molecule has 1 fully saturated rings. The van der Waals surface area contributed by atoms with Gasteiger partial charge in [-0.3, -0.25) is 0 Å². The molecule has 0 saturated carbocycles. The van der Waals surface area contributed by atoms with Crippen LogP contribution in [0.5, 0.6) is 0 Å². The average molecular weight is 252 g/mol. The molecule has 0 N–H and O–H groups in total. The van der Waals surface area contributed by atoms with Gasteiger partial charge in [0, 0.05) is 21.6 Å². The van der Waals surface area contributed by atoms with Gasteiger partial charge in [-0.05, 0) is 24.3 Å². The highest BCUT2D eigenvalue weighted by atomic mass is 79.9. The highest BCUT2D eigenvalue weighted by Gasteiger charge is 2.22. The van der Waals surface area contributed by atoms with Crippen molar-refractivity contribution in [3.8, 4) is 0 Å². The Hall–Kier alpha value is -0.800. The zero-order valence-electron chi connectivity index (χ0n) is 7.61. The third-order valence-corrected chi connectivity index (χ3v) is 3.03. The van der Waals surface area contributed by atoms with Crippen molar-refractivity contribution in [3.05, 3.63) is 34.9 Å². The van der Waals surface area contributed by atoms with E-state index in [9.17, 15) is 0 Å². The number of rotatable bonds is 2. The minimum absolute atomic E-state index is 0.439. The van der Waals surface area contributed by atoms with E-state index in [1.165, 1.54) is 10.9 Å². The summed E-state index contributed by atoms with van der Waals surface area (Å²) >= 11 is 3.47. The van der Waals surface area contributed by atoms with Crippen LogP contribution in [0.2, 0.25) is 0 Å². The summed E-state index contributed by atoms with van der Waals surface area (Å²) in [6.45, 7) is 1.89. The first-order valence-electron chi connectivity index (χ1n) is 4.69. The van der Waals surface area contributed by atoms with E-state index in [0.29, 0.717) is 6.10 Å². The molecule has 3 heteroatoms. The van der Waals surface area contributed by atoms with Gasteiger partial charge in [-0.1, -0.05) is 15.9 Å². The molecule has 0 aliphatic carbocycles. The molecule has 0 bridgehead atoms. The topological polar surface area (TPSA) is 17.5 Å². The quantitative estimate of drug-likeness (QED) is 0.751. The monoisotopic (exact) mass is 251 g/mol. The lowest BCUT2D eigenvalue weighted by atomic mass is 10.2. The SMILES string of the molecule is Brc1ccc2c(ccn2CC2CO2)c1. The van der Waals surface area contributed by atoms with Gasteiger partial charge in [-0.15, -0.1) is 0 Å². The number of epoxide rings is 1. The van der Waals surface area contributed by atoms with Crippen LogP contribution in [0.3, 0.4) is 0 Å². The molecule has 2 aromatic rings. The minimum atomic E-state index is 0.439. The van der Waals surface area contributed by atoms with Crippen LogP contribution in [0.15, 0.2) is 34.9 Å². The summed E-state index contributed by atoms with van der Waals surface area (Å²) in [7, 11) is 0. The van der Waals surface area contributed by atoms with Gasteiger partial charge in [0.05, 0.1) is 19.3 Å². The van der Waals surface area contributed by atoms with Crippen molar-refractivity contribution in [3.63, 3.8) is 0 Å². The summed E-state index contributed by atoms with van der Waals surface area (Å²) in [5.74, 6) is 0. The Bertz CT molecular complexity index is 473. The Morgan fingerprint density at radius 3 is 3.07 bits per heavy atom. The van der Waals surface area contributed by atoms with Gasteiger partial charge in [-0.2, -0.15) is 0 Å². The lowest BCUT2D eigenvalue weighted by molar-refractivity contribution is 0.385. The summed E-state index contributed by atoms with van der Waals surface area (Å²) < 4.78 is 8.60. The molecule has 0 spiro atoms. The zero-order valence-corrected chi connectivity index (χ0v) is 9.20. The fraction of sp³-hybridized carbons (Fsp3) is 0.273. The number of hydrogen-bond donors (Lipinski definition) is 0. The number of hydrogen-bond acceptors (Lipinski definition) is 1. The first kappa shape index (κ1) is 8.50. The van der Waals surface area contributed by atoms with E-state index >= 15 is 0 Å². The second kappa shape index (κ2) is 3.11. The fourth-order valence-corrected chi connectivity index (χ4v) is 2.10. The van der Waals surface area contributed by atoms with Gasteiger partial charge < -0.3 is 9.30 Å². The summed E-state index contributed by atoms with van der Waals surface area (Å²) in [6.07, 6.45) is 2.56. The number of halogens is 1. The van der Waals surface area contributed by atoms with Crippen LogP contribution < -0.4 is 0 Å². The Labute approximate surface area is 90.6 Å². The van der Waals surface area contributed by atoms with E-state index in [1.807, 2.05) is 0 Å². The third kappa shape index (κ3) is 1.47. The first-order chi connectivity index (χ1) is 6.83. The fourth-order valence-electron chi connectivity index (χ4n) is 1.72. The average Bonchev–Trinajstić information content (AvgIpc) is 2.89. The Morgan fingerprint density at radius 2 is 2.29 bits per heavy atom. The van der Waals surface area contributed by atoms with E-state index in [-0.39, 0.29) is 0 Å². The van der Waals surface area contributed by atoms with Gasteiger partial charge in [0.25, 0.3) is 0 Å². The van der Waals surface area contributed by atoms with Crippen LogP contribution in [0.4, 0.5) is 0 Å². The molecule has 14 heavy (non-hydrogen) atoms. The standard InChI is InChI=1S/C11H10BrNO/c12-9-1-2-11-8(5-9)3-4-13(11)6-10-7-14-10/h1-5,10H,6-7H2. The van der Waals surface area contributed by atoms with Gasteiger partial charge >= 0.3 is 0 Å².